The third-order valence-electron chi connectivity index (χ3n) is 5.30. The molecular weight excluding hydrogens is 514 g/mol. The van der Waals surface area contributed by atoms with Crippen LogP contribution >= 0.6 is 0 Å². The van der Waals surface area contributed by atoms with E-state index in [4.69, 9.17) is 17.8 Å². The summed E-state index contributed by atoms with van der Waals surface area (Å²) in [6.45, 7) is 2.29. The topological polar surface area (TPSA) is 155 Å². The summed E-state index contributed by atoms with van der Waals surface area (Å²) in [4.78, 5) is 11.7. The molecule has 1 fully saturated rings. The van der Waals surface area contributed by atoms with Gasteiger partial charge in [-0.3, -0.25) is 13.2 Å². The zero-order chi connectivity index (χ0) is 26.5. The first-order chi connectivity index (χ1) is 16.9. The second kappa shape index (κ2) is 11.8. The molecule has 1 amide bonds. The van der Waals surface area contributed by atoms with E-state index >= 15 is 0 Å². The van der Waals surface area contributed by atoms with Crippen LogP contribution in [0.15, 0.2) is 59.5 Å². The molecule has 1 aliphatic heterocycles. The lowest BCUT2D eigenvalue weighted by molar-refractivity contribution is -0.256. The number of hydrogen-bond acceptors (Lipinski definition) is 10. The molecule has 0 radical (unpaired) electrons. The summed E-state index contributed by atoms with van der Waals surface area (Å²) in [6.07, 6.45) is -4.97. The monoisotopic (exact) mass is 543 g/mol. The minimum Gasteiger partial charge on any atom is -0.368 e. The summed E-state index contributed by atoms with van der Waals surface area (Å²) >= 11 is 0. The number of aliphatic hydroxyl groups excluding tert-OH is 1. The van der Waals surface area contributed by atoms with Gasteiger partial charge in [-0.25, -0.2) is 0 Å². The van der Waals surface area contributed by atoms with Crippen LogP contribution in [-0.2, 0) is 49.5 Å². The predicted molar refractivity (Wildman–Crippen MR) is 128 cm³/mol. The first-order valence-corrected chi connectivity index (χ1v) is 14.2. The molecule has 36 heavy (non-hydrogen) atoms. The van der Waals surface area contributed by atoms with Gasteiger partial charge in [0.2, 0.25) is 5.91 Å². The van der Waals surface area contributed by atoms with Gasteiger partial charge in [-0.05, 0) is 24.6 Å². The first-order valence-electron chi connectivity index (χ1n) is 11.0. The molecule has 1 saturated heterocycles. The fraction of sp³-hybridized carbons (Fsp3) is 0.435. The van der Waals surface area contributed by atoms with Crippen LogP contribution in [0.1, 0.15) is 18.1 Å². The SMILES string of the molecule is CC(=O)NC1C(O)OC(COS(=O)(=O)c2ccc(C)cc2)C(OS(C)(=O)=O)C1OCc1ccccc1. The summed E-state index contributed by atoms with van der Waals surface area (Å²) in [5.74, 6) is -0.536. The van der Waals surface area contributed by atoms with E-state index in [2.05, 4.69) is 5.32 Å². The maximum absolute atomic E-state index is 12.7. The highest BCUT2D eigenvalue weighted by atomic mass is 32.2. The predicted octanol–water partition coefficient (Wildman–Crippen LogP) is 0.852. The van der Waals surface area contributed by atoms with E-state index in [1.807, 2.05) is 0 Å². The smallest absolute Gasteiger partial charge is 0.297 e. The van der Waals surface area contributed by atoms with E-state index in [1.165, 1.54) is 19.1 Å². The third-order valence-corrected chi connectivity index (χ3v) is 7.17. The van der Waals surface area contributed by atoms with Crippen LogP contribution in [0.2, 0.25) is 0 Å². The standard InChI is InChI=1S/C23H29NO10S2/c1-15-9-11-18(12-10-15)36(29,30)32-14-19-21(34-35(3,27)28)22(20(23(26)33-19)24-16(2)25)31-13-17-7-5-4-6-8-17/h4-12,19-23,26H,13-14H2,1-3H3,(H,24,25). The Labute approximate surface area is 210 Å². The van der Waals surface area contributed by atoms with Crippen molar-refractivity contribution in [1.29, 1.82) is 0 Å². The van der Waals surface area contributed by atoms with Crippen LogP contribution < -0.4 is 5.32 Å². The molecule has 1 heterocycles. The van der Waals surface area contributed by atoms with E-state index in [1.54, 1.807) is 49.4 Å². The first kappa shape index (κ1) is 28.2. The van der Waals surface area contributed by atoms with Crippen molar-refractivity contribution in [3.05, 3.63) is 65.7 Å². The molecular formula is C23H29NO10S2. The fourth-order valence-electron chi connectivity index (χ4n) is 3.65. The number of rotatable bonds is 10. The summed E-state index contributed by atoms with van der Waals surface area (Å²) in [7, 11) is -8.36. The number of aliphatic hydroxyl groups is 1. The van der Waals surface area contributed by atoms with Gasteiger partial charge >= 0.3 is 0 Å². The number of nitrogens with one attached hydrogen (secondary N) is 1. The Balaban J connectivity index is 1.88. The van der Waals surface area contributed by atoms with Crippen molar-refractivity contribution in [3.8, 4) is 0 Å². The third kappa shape index (κ3) is 7.80. The molecule has 3 rings (SSSR count). The second-order valence-corrected chi connectivity index (χ2v) is 11.6. The summed E-state index contributed by atoms with van der Waals surface area (Å²) in [5, 5.41) is 13.1. The summed E-state index contributed by atoms with van der Waals surface area (Å²) in [5.41, 5.74) is 1.57. The molecule has 0 aliphatic carbocycles. The zero-order valence-corrected chi connectivity index (χ0v) is 21.6. The maximum atomic E-state index is 12.7. The molecule has 0 saturated carbocycles. The molecule has 13 heteroatoms. The van der Waals surface area contributed by atoms with Crippen LogP contribution in [0, 0.1) is 6.92 Å². The number of amides is 1. The van der Waals surface area contributed by atoms with Crippen molar-refractivity contribution < 1.29 is 44.6 Å². The van der Waals surface area contributed by atoms with Gasteiger partial charge in [0.1, 0.15) is 24.4 Å². The van der Waals surface area contributed by atoms with Gasteiger partial charge in [-0.15, -0.1) is 0 Å². The lowest BCUT2D eigenvalue weighted by Gasteiger charge is -2.44. The van der Waals surface area contributed by atoms with Crippen LogP contribution in [0.5, 0.6) is 0 Å². The van der Waals surface area contributed by atoms with Crippen LogP contribution in [0.4, 0.5) is 0 Å². The van der Waals surface area contributed by atoms with Crippen LogP contribution in [-0.4, -0.2) is 71.4 Å². The van der Waals surface area contributed by atoms with E-state index in [-0.39, 0.29) is 11.5 Å². The van der Waals surface area contributed by atoms with E-state index in [0.717, 1.165) is 17.4 Å². The normalized spacial score (nSPS) is 24.8. The van der Waals surface area contributed by atoms with E-state index in [9.17, 15) is 26.7 Å². The number of carbonyl (C=O) groups excluding carboxylic acids is 1. The van der Waals surface area contributed by atoms with Gasteiger partial charge < -0.3 is 19.9 Å². The highest BCUT2D eigenvalue weighted by molar-refractivity contribution is 7.86. The molecule has 0 aromatic heterocycles. The number of benzene rings is 2. The molecule has 11 nitrogen and oxygen atoms in total. The Morgan fingerprint density at radius 1 is 1.03 bits per heavy atom. The number of carbonyl (C=O) groups is 1. The van der Waals surface area contributed by atoms with Crippen molar-refractivity contribution in [2.24, 2.45) is 0 Å². The van der Waals surface area contributed by atoms with Gasteiger partial charge in [-0.1, -0.05) is 48.0 Å². The molecule has 2 aromatic rings. The summed E-state index contributed by atoms with van der Waals surface area (Å²) < 4.78 is 71.3. The minimum absolute atomic E-state index is 0.0207. The van der Waals surface area contributed by atoms with Gasteiger partial charge in [0.15, 0.2) is 6.29 Å². The molecule has 5 unspecified atom stereocenters. The molecule has 2 N–H and O–H groups in total. The summed E-state index contributed by atoms with van der Waals surface area (Å²) in [6, 6.07) is 13.6. The Bertz CT molecular complexity index is 1230. The number of hydrogen-bond donors (Lipinski definition) is 2. The van der Waals surface area contributed by atoms with Crippen molar-refractivity contribution in [1.82, 2.24) is 5.32 Å². The highest BCUT2D eigenvalue weighted by Gasteiger charge is 2.49. The second-order valence-electron chi connectivity index (χ2n) is 8.37. The maximum Gasteiger partial charge on any atom is 0.297 e. The average molecular weight is 544 g/mol. The lowest BCUT2D eigenvalue weighted by atomic mass is 9.96. The van der Waals surface area contributed by atoms with Gasteiger partial charge in [0, 0.05) is 6.92 Å². The molecule has 1 aliphatic rings. The van der Waals surface area contributed by atoms with Crippen molar-refractivity contribution in [2.45, 2.75) is 56.0 Å². The minimum atomic E-state index is -4.24. The Morgan fingerprint density at radius 3 is 2.25 bits per heavy atom. The van der Waals surface area contributed by atoms with Crippen LogP contribution in [0.25, 0.3) is 0 Å². The van der Waals surface area contributed by atoms with Crippen molar-refractivity contribution >= 4 is 26.1 Å². The average Bonchev–Trinajstić information content (AvgIpc) is 2.79. The quantitative estimate of drug-likeness (QED) is 0.412. The fourth-order valence-corrected chi connectivity index (χ4v) is 5.21. The van der Waals surface area contributed by atoms with E-state index < -0.39 is 63.4 Å². The molecule has 198 valence electrons. The zero-order valence-electron chi connectivity index (χ0n) is 19.9. The molecule has 0 bridgehead atoms. The largest absolute Gasteiger partial charge is 0.368 e. The highest BCUT2D eigenvalue weighted by Crippen LogP contribution is 2.28. The number of aryl methyl sites for hydroxylation is 1. The lowest BCUT2D eigenvalue weighted by Crippen LogP contribution is -2.65. The Morgan fingerprint density at radius 2 is 1.67 bits per heavy atom. The van der Waals surface area contributed by atoms with E-state index in [0.29, 0.717) is 0 Å². The van der Waals surface area contributed by atoms with Crippen LogP contribution in [0.3, 0.4) is 0 Å². The molecule has 0 spiro atoms. The number of ether oxygens (including phenoxy) is 2. The van der Waals surface area contributed by atoms with Gasteiger partial charge in [0.25, 0.3) is 20.2 Å². The molecule has 5 atom stereocenters. The Kier molecular flexibility index (Phi) is 9.22. The Hall–Kier alpha value is -2.39. The van der Waals surface area contributed by atoms with Gasteiger partial charge in [0.05, 0.1) is 24.4 Å². The van der Waals surface area contributed by atoms with Gasteiger partial charge in [-0.2, -0.15) is 16.8 Å². The molecule has 2 aromatic carbocycles. The van der Waals surface area contributed by atoms with Crippen molar-refractivity contribution in [3.63, 3.8) is 0 Å². The van der Waals surface area contributed by atoms with Crippen molar-refractivity contribution in [2.75, 3.05) is 12.9 Å².